The lowest BCUT2D eigenvalue weighted by atomic mass is 9.95. The van der Waals surface area contributed by atoms with Gasteiger partial charge in [0.05, 0.1) is 20.3 Å². The number of nitrogens with one attached hydrogen (secondary N) is 1. The highest BCUT2D eigenvalue weighted by Crippen LogP contribution is 2.40. The third-order valence-electron chi connectivity index (χ3n) is 5.67. The quantitative estimate of drug-likeness (QED) is 0.592. The van der Waals surface area contributed by atoms with Crippen molar-refractivity contribution in [2.45, 2.75) is 12.6 Å². The van der Waals surface area contributed by atoms with Gasteiger partial charge in [0.15, 0.2) is 11.5 Å². The maximum absolute atomic E-state index is 6.12. The zero-order valence-electron chi connectivity index (χ0n) is 18.2. The molecule has 0 aliphatic carbocycles. The summed E-state index contributed by atoms with van der Waals surface area (Å²) < 4.78 is 17.5. The molecule has 1 atom stereocenters. The van der Waals surface area contributed by atoms with Crippen LogP contribution in [0.15, 0.2) is 72.8 Å². The Morgan fingerprint density at radius 2 is 1.65 bits per heavy atom. The van der Waals surface area contributed by atoms with E-state index in [1.807, 2.05) is 36.4 Å². The first-order valence-corrected chi connectivity index (χ1v) is 10.7. The molecule has 0 radical (unpaired) electrons. The number of hydrogen-bond donors (Lipinski definition) is 1. The van der Waals surface area contributed by atoms with Crippen LogP contribution < -0.4 is 19.5 Å². The molecular formula is C26H30N2O3. The van der Waals surface area contributed by atoms with E-state index in [1.54, 1.807) is 14.2 Å². The normalized spacial score (nSPS) is 15.3. The van der Waals surface area contributed by atoms with Crippen LogP contribution in [0, 0.1) is 0 Å². The van der Waals surface area contributed by atoms with Crippen molar-refractivity contribution in [2.75, 3.05) is 40.4 Å². The summed E-state index contributed by atoms with van der Waals surface area (Å²) in [5.41, 5.74) is 3.43. The lowest BCUT2D eigenvalue weighted by molar-refractivity contribution is 0.194. The topological polar surface area (TPSA) is 43.0 Å². The lowest BCUT2D eigenvalue weighted by Gasteiger charge is -2.36. The Morgan fingerprint density at radius 3 is 2.39 bits per heavy atom. The van der Waals surface area contributed by atoms with Crippen LogP contribution in [0.5, 0.6) is 17.2 Å². The van der Waals surface area contributed by atoms with Gasteiger partial charge in [0, 0.05) is 31.7 Å². The van der Waals surface area contributed by atoms with E-state index < -0.39 is 0 Å². The molecule has 4 rings (SSSR count). The Morgan fingerprint density at radius 1 is 0.871 bits per heavy atom. The standard InChI is InChI=1S/C26H30N2O3/c1-29-24-13-7-12-23(26(24)30-2)25(28-16-14-27-15-17-28)21-10-6-11-22(18-21)31-19-20-8-4-3-5-9-20/h3-13,18,25,27H,14-17,19H2,1-2H3. The van der Waals surface area contributed by atoms with Gasteiger partial charge in [-0.15, -0.1) is 0 Å². The molecule has 162 valence electrons. The van der Waals surface area contributed by atoms with Gasteiger partial charge in [-0.05, 0) is 29.3 Å². The Labute approximate surface area is 184 Å². The smallest absolute Gasteiger partial charge is 0.165 e. The van der Waals surface area contributed by atoms with Crippen molar-refractivity contribution in [3.05, 3.63) is 89.5 Å². The monoisotopic (exact) mass is 418 g/mol. The molecule has 1 fully saturated rings. The zero-order chi connectivity index (χ0) is 21.5. The summed E-state index contributed by atoms with van der Waals surface area (Å²) in [4.78, 5) is 2.49. The first kappa shape index (κ1) is 21.2. The molecule has 0 aromatic heterocycles. The summed E-state index contributed by atoms with van der Waals surface area (Å²) in [6.07, 6.45) is 0. The minimum atomic E-state index is 0.0485. The van der Waals surface area contributed by atoms with Gasteiger partial charge in [-0.3, -0.25) is 4.90 Å². The summed E-state index contributed by atoms with van der Waals surface area (Å²) in [5, 5.41) is 3.45. The van der Waals surface area contributed by atoms with Crippen molar-refractivity contribution in [3.63, 3.8) is 0 Å². The highest BCUT2D eigenvalue weighted by atomic mass is 16.5. The molecular weight excluding hydrogens is 388 g/mol. The summed E-state index contributed by atoms with van der Waals surface area (Å²) in [6.45, 7) is 4.39. The van der Waals surface area contributed by atoms with Gasteiger partial charge in [0.2, 0.25) is 0 Å². The fourth-order valence-corrected chi connectivity index (χ4v) is 4.17. The molecule has 1 saturated heterocycles. The van der Waals surface area contributed by atoms with Gasteiger partial charge in [0.1, 0.15) is 12.4 Å². The summed E-state index contributed by atoms with van der Waals surface area (Å²) in [6, 6.07) is 24.8. The van der Waals surface area contributed by atoms with Crippen LogP contribution in [0.4, 0.5) is 0 Å². The predicted molar refractivity (Wildman–Crippen MR) is 123 cm³/mol. The summed E-state index contributed by atoms with van der Waals surface area (Å²) in [5.74, 6) is 2.39. The van der Waals surface area contributed by atoms with E-state index in [0.717, 1.165) is 54.6 Å². The third kappa shape index (κ3) is 5.01. The average molecular weight is 419 g/mol. The summed E-state index contributed by atoms with van der Waals surface area (Å²) in [7, 11) is 3.38. The maximum atomic E-state index is 6.12. The van der Waals surface area contributed by atoms with Gasteiger partial charge in [0.25, 0.3) is 0 Å². The first-order valence-electron chi connectivity index (χ1n) is 10.7. The third-order valence-corrected chi connectivity index (χ3v) is 5.67. The van der Waals surface area contributed by atoms with Crippen molar-refractivity contribution >= 4 is 0 Å². The van der Waals surface area contributed by atoms with Crippen molar-refractivity contribution in [3.8, 4) is 17.2 Å². The van der Waals surface area contributed by atoms with Crippen LogP contribution in [-0.2, 0) is 6.61 Å². The van der Waals surface area contributed by atoms with Gasteiger partial charge >= 0.3 is 0 Å². The van der Waals surface area contributed by atoms with Crippen LogP contribution in [0.2, 0.25) is 0 Å². The van der Waals surface area contributed by atoms with Crippen molar-refractivity contribution in [1.82, 2.24) is 10.2 Å². The lowest BCUT2D eigenvalue weighted by Crippen LogP contribution is -2.45. The van der Waals surface area contributed by atoms with E-state index in [1.165, 1.54) is 5.56 Å². The molecule has 0 amide bonds. The van der Waals surface area contributed by atoms with Crippen LogP contribution in [-0.4, -0.2) is 45.3 Å². The Balaban J connectivity index is 1.68. The van der Waals surface area contributed by atoms with E-state index in [0.29, 0.717) is 6.61 Å². The van der Waals surface area contributed by atoms with Crippen LogP contribution in [0.3, 0.4) is 0 Å². The first-order chi connectivity index (χ1) is 15.3. The highest BCUT2D eigenvalue weighted by Gasteiger charge is 2.28. The van der Waals surface area contributed by atoms with Gasteiger partial charge < -0.3 is 19.5 Å². The van der Waals surface area contributed by atoms with E-state index >= 15 is 0 Å². The molecule has 1 aliphatic heterocycles. The average Bonchev–Trinajstić information content (AvgIpc) is 2.84. The molecule has 3 aromatic carbocycles. The van der Waals surface area contributed by atoms with Crippen molar-refractivity contribution in [2.24, 2.45) is 0 Å². The van der Waals surface area contributed by atoms with E-state index in [-0.39, 0.29) is 6.04 Å². The predicted octanol–water partition coefficient (Wildman–Crippen LogP) is 4.28. The number of nitrogens with zero attached hydrogens (tertiary/aromatic N) is 1. The second kappa shape index (κ2) is 10.3. The fourth-order valence-electron chi connectivity index (χ4n) is 4.17. The minimum Gasteiger partial charge on any atom is -0.493 e. The van der Waals surface area contributed by atoms with E-state index in [4.69, 9.17) is 14.2 Å². The molecule has 1 heterocycles. The number of hydrogen-bond acceptors (Lipinski definition) is 5. The molecule has 0 spiro atoms. The fraction of sp³-hybridized carbons (Fsp3) is 0.308. The molecule has 1 N–H and O–H groups in total. The van der Waals surface area contributed by atoms with Crippen LogP contribution in [0.1, 0.15) is 22.7 Å². The highest BCUT2D eigenvalue weighted by molar-refractivity contribution is 5.51. The Hall–Kier alpha value is -3.02. The molecule has 1 unspecified atom stereocenters. The Bertz CT molecular complexity index is 971. The van der Waals surface area contributed by atoms with Gasteiger partial charge in [-0.25, -0.2) is 0 Å². The van der Waals surface area contributed by atoms with E-state index in [2.05, 4.69) is 46.6 Å². The molecule has 5 heteroatoms. The SMILES string of the molecule is COc1cccc(C(c2cccc(OCc3ccccc3)c2)N2CCNCC2)c1OC. The van der Waals surface area contributed by atoms with Crippen LogP contribution >= 0.6 is 0 Å². The van der Waals surface area contributed by atoms with Crippen molar-refractivity contribution < 1.29 is 14.2 Å². The number of ether oxygens (including phenoxy) is 3. The molecule has 31 heavy (non-hydrogen) atoms. The number of rotatable bonds is 8. The Kier molecular flexibility index (Phi) is 7.07. The molecule has 1 aliphatic rings. The number of para-hydroxylation sites is 1. The zero-order valence-corrected chi connectivity index (χ0v) is 18.2. The molecule has 0 saturated carbocycles. The van der Waals surface area contributed by atoms with E-state index in [9.17, 15) is 0 Å². The molecule has 5 nitrogen and oxygen atoms in total. The molecule has 3 aromatic rings. The maximum Gasteiger partial charge on any atom is 0.165 e. The van der Waals surface area contributed by atoms with Crippen molar-refractivity contribution in [1.29, 1.82) is 0 Å². The van der Waals surface area contributed by atoms with Gasteiger partial charge in [-0.1, -0.05) is 54.6 Å². The minimum absolute atomic E-state index is 0.0485. The second-order valence-electron chi connectivity index (χ2n) is 7.62. The summed E-state index contributed by atoms with van der Waals surface area (Å²) >= 11 is 0. The number of piperazine rings is 1. The number of methoxy groups -OCH3 is 2. The second-order valence-corrected chi connectivity index (χ2v) is 7.62. The molecule has 0 bridgehead atoms. The van der Waals surface area contributed by atoms with Gasteiger partial charge in [-0.2, -0.15) is 0 Å². The largest absolute Gasteiger partial charge is 0.493 e. The number of benzene rings is 3. The van der Waals surface area contributed by atoms with Crippen LogP contribution in [0.25, 0.3) is 0 Å².